The third kappa shape index (κ3) is 2.56. The third-order valence-electron chi connectivity index (χ3n) is 1.96. The minimum atomic E-state index is -3.72. The Labute approximate surface area is 102 Å². The van der Waals surface area contributed by atoms with Crippen LogP contribution in [0.2, 0.25) is 5.02 Å². The van der Waals surface area contributed by atoms with Gasteiger partial charge in [0.2, 0.25) is 0 Å². The maximum absolute atomic E-state index is 12.9. The number of aromatic amines is 1. The molecule has 0 saturated carbocycles. The number of hydrogen-bond acceptors (Lipinski definition) is 3. The molecule has 0 amide bonds. The summed E-state index contributed by atoms with van der Waals surface area (Å²) >= 11 is 5.54. The molecule has 0 spiro atoms. The Kier molecular flexibility index (Phi) is 3.03. The Hall–Kier alpha value is -1.60. The molecule has 1 aromatic carbocycles. The minimum absolute atomic E-state index is 0.0158. The van der Waals surface area contributed by atoms with E-state index in [-0.39, 0.29) is 15.6 Å². The maximum atomic E-state index is 12.9. The molecular formula is C9H7ClFN3O2S. The van der Waals surface area contributed by atoms with Crippen molar-refractivity contribution in [2.24, 2.45) is 0 Å². The van der Waals surface area contributed by atoms with Crippen molar-refractivity contribution in [2.45, 2.75) is 4.90 Å². The number of hydrogen-bond donors (Lipinski definition) is 2. The maximum Gasteiger partial charge on any atom is 0.265 e. The van der Waals surface area contributed by atoms with Crippen LogP contribution >= 0.6 is 11.6 Å². The van der Waals surface area contributed by atoms with Gasteiger partial charge in [0.1, 0.15) is 10.7 Å². The van der Waals surface area contributed by atoms with Crippen LogP contribution in [0.25, 0.3) is 0 Å². The highest BCUT2D eigenvalue weighted by Gasteiger charge is 2.15. The molecule has 0 bridgehead atoms. The van der Waals surface area contributed by atoms with Gasteiger partial charge in [-0.15, -0.1) is 0 Å². The normalized spacial score (nSPS) is 11.4. The van der Waals surface area contributed by atoms with Crippen molar-refractivity contribution in [3.8, 4) is 0 Å². The Balaban J connectivity index is 2.30. The molecule has 0 aliphatic rings. The highest BCUT2D eigenvalue weighted by molar-refractivity contribution is 7.92. The molecule has 0 saturated heterocycles. The molecule has 2 rings (SSSR count). The first-order valence-corrected chi connectivity index (χ1v) is 6.32. The lowest BCUT2D eigenvalue weighted by molar-refractivity contribution is 0.601. The van der Waals surface area contributed by atoms with Gasteiger partial charge in [-0.25, -0.2) is 12.8 Å². The van der Waals surface area contributed by atoms with E-state index in [1.54, 1.807) is 0 Å². The average Bonchev–Trinajstić information content (AvgIpc) is 2.77. The van der Waals surface area contributed by atoms with E-state index < -0.39 is 15.8 Å². The van der Waals surface area contributed by atoms with Gasteiger partial charge < -0.3 is 0 Å². The highest BCUT2D eigenvalue weighted by atomic mass is 35.5. The second-order valence-corrected chi connectivity index (χ2v) is 5.26. The van der Waals surface area contributed by atoms with Gasteiger partial charge in [0.25, 0.3) is 10.0 Å². The van der Waals surface area contributed by atoms with E-state index in [0.717, 1.165) is 12.3 Å². The van der Waals surface area contributed by atoms with Crippen LogP contribution in [0, 0.1) is 5.82 Å². The van der Waals surface area contributed by atoms with Crippen molar-refractivity contribution >= 4 is 27.3 Å². The molecule has 0 unspecified atom stereocenters. The van der Waals surface area contributed by atoms with E-state index in [2.05, 4.69) is 14.9 Å². The fraction of sp³-hybridized carbons (Fsp3) is 0. The first-order valence-electron chi connectivity index (χ1n) is 4.46. The molecule has 0 radical (unpaired) electrons. The zero-order valence-electron chi connectivity index (χ0n) is 8.31. The SMILES string of the molecule is O=S(=O)(Nc1ccc(F)c(Cl)c1)c1cn[nH]c1. The van der Waals surface area contributed by atoms with E-state index in [4.69, 9.17) is 11.6 Å². The van der Waals surface area contributed by atoms with Crippen LogP contribution in [0.5, 0.6) is 0 Å². The summed E-state index contributed by atoms with van der Waals surface area (Å²) < 4.78 is 38.6. The minimum Gasteiger partial charge on any atom is -0.284 e. The largest absolute Gasteiger partial charge is 0.284 e. The lowest BCUT2D eigenvalue weighted by atomic mass is 10.3. The summed E-state index contributed by atoms with van der Waals surface area (Å²) in [6, 6.07) is 3.54. The van der Waals surface area contributed by atoms with E-state index in [1.165, 1.54) is 18.3 Å². The number of aromatic nitrogens is 2. The second-order valence-electron chi connectivity index (χ2n) is 3.17. The van der Waals surface area contributed by atoms with Crippen LogP contribution in [0.15, 0.2) is 35.5 Å². The van der Waals surface area contributed by atoms with Gasteiger partial charge in [-0.2, -0.15) is 5.10 Å². The van der Waals surface area contributed by atoms with Crippen molar-refractivity contribution in [1.29, 1.82) is 0 Å². The van der Waals surface area contributed by atoms with E-state index in [9.17, 15) is 12.8 Å². The average molecular weight is 276 g/mol. The van der Waals surface area contributed by atoms with Gasteiger partial charge in [0.15, 0.2) is 0 Å². The van der Waals surface area contributed by atoms with Gasteiger partial charge in [-0.05, 0) is 18.2 Å². The number of sulfonamides is 1. The highest BCUT2D eigenvalue weighted by Crippen LogP contribution is 2.21. The smallest absolute Gasteiger partial charge is 0.265 e. The summed E-state index contributed by atoms with van der Waals surface area (Å²) in [7, 11) is -3.72. The van der Waals surface area contributed by atoms with Crippen LogP contribution in [0.4, 0.5) is 10.1 Å². The number of benzene rings is 1. The van der Waals surface area contributed by atoms with Crippen LogP contribution in [0.1, 0.15) is 0 Å². The molecule has 2 aromatic rings. The standard InChI is InChI=1S/C9H7ClFN3O2S/c10-8-3-6(1-2-9(8)11)14-17(15,16)7-4-12-13-5-7/h1-5,14H,(H,12,13). The first kappa shape index (κ1) is 11.9. The molecule has 0 aliphatic carbocycles. The quantitative estimate of drug-likeness (QED) is 0.900. The molecule has 8 heteroatoms. The Bertz CT molecular complexity index is 628. The van der Waals surface area contributed by atoms with Crippen LogP contribution in [-0.4, -0.2) is 18.6 Å². The molecule has 1 heterocycles. The molecule has 0 atom stereocenters. The third-order valence-corrected chi connectivity index (χ3v) is 3.59. The van der Waals surface area contributed by atoms with E-state index >= 15 is 0 Å². The van der Waals surface area contributed by atoms with Crippen molar-refractivity contribution in [3.63, 3.8) is 0 Å². The number of anilines is 1. The van der Waals surface area contributed by atoms with Crippen molar-refractivity contribution in [3.05, 3.63) is 41.4 Å². The summed E-state index contributed by atoms with van der Waals surface area (Å²) in [5.74, 6) is -0.613. The van der Waals surface area contributed by atoms with Crippen LogP contribution in [0.3, 0.4) is 0 Å². The van der Waals surface area contributed by atoms with Gasteiger partial charge >= 0.3 is 0 Å². The van der Waals surface area contributed by atoms with Crippen LogP contribution in [-0.2, 0) is 10.0 Å². The summed E-state index contributed by atoms with van der Waals surface area (Å²) in [4.78, 5) is -0.0158. The second kappa shape index (κ2) is 4.34. The monoisotopic (exact) mass is 275 g/mol. The molecule has 5 nitrogen and oxygen atoms in total. The summed E-state index contributed by atoms with van der Waals surface area (Å²) in [6.45, 7) is 0. The summed E-state index contributed by atoms with van der Waals surface area (Å²) in [5.41, 5.74) is 0.178. The van der Waals surface area contributed by atoms with Gasteiger partial charge in [-0.1, -0.05) is 11.6 Å². The zero-order chi connectivity index (χ0) is 12.5. The van der Waals surface area contributed by atoms with Gasteiger partial charge in [0.05, 0.1) is 16.9 Å². The number of H-pyrrole nitrogens is 1. The lowest BCUT2D eigenvalue weighted by Crippen LogP contribution is -2.12. The van der Waals surface area contributed by atoms with Crippen molar-refractivity contribution < 1.29 is 12.8 Å². The first-order chi connectivity index (χ1) is 7.99. The summed E-state index contributed by atoms with van der Waals surface area (Å²) in [6.07, 6.45) is 2.39. The van der Waals surface area contributed by atoms with Gasteiger partial charge in [0, 0.05) is 6.20 Å². The Morgan fingerprint density at radius 1 is 1.41 bits per heavy atom. The molecule has 2 N–H and O–H groups in total. The van der Waals surface area contributed by atoms with E-state index in [0.29, 0.717) is 0 Å². The number of halogens is 2. The number of rotatable bonds is 3. The number of nitrogens with zero attached hydrogens (tertiary/aromatic N) is 1. The van der Waals surface area contributed by atoms with Crippen LogP contribution < -0.4 is 4.72 Å². The molecule has 90 valence electrons. The predicted molar refractivity (Wildman–Crippen MR) is 60.8 cm³/mol. The molecule has 1 aromatic heterocycles. The fourth-order valence-electron chi connectivity index (χ4n) is 1.16. The Morgan fingerprint density at radius 2 is 2.18 bits per heavy atom. The van der Waals surface area contributed by atoms with Crippen molar-refractivity contribution in [1.82, 2.24) is 10.2 Å². The molecule has 0 fully saturated rings. The van der Waals surface area contributed by atoms with Gasteiger partial charge in [-0.3, -0.25) is 9.82 Å². The van der Waals surface area contributed by atoms with E-state index in [1.807, 2.05) is 0 Å². The molecule has 17 heavy (non-hydrogen) atoms. The topological polar surface area (TPSA) is 74.8 Å². The Morgan fingerprint density at radius 3 is 2.76 bits per heavy atom. The number of nitrogens with one attached hydrogen (secondary N) is 2. The lowest BCUT2D eigenvalue weighted by Gasteiger charge is -2.06. The fourth-order valence-corrected chi connectivity index (χ4v) is 2.29. The molecule has 0 aliphatic heterocycles. The predicted octanol–water partition coefficient (Wildman–Crippen LogP) is 2.00. The summed E-state index contributed by atoms with van der Waals surface area (Å²) in [5, 5.41) is 5.76. The zero-order valence-corrected chi connectivity index (χ0v) is 9.89. The molecular weight excluding hydrogens is 269 g/mol. The van der Waals surface area contributed by atoms with Crippen molar-refractivity contribution in [2.75, 3.05) is 4.72 Å².